The SMILES string of the molecule is Cc1cc2n(n1)CC(C)OC21CCNCC1. The fourth-order valence-corrected chi connectivity index (χ4v) is 2.98. The number of hydrogen-bond acceptors (Lipinski definition) is 3. The van der Waals surface area contributed by atoms with Crippen LogP contribution in [0, 0.1) is 6.92 Å². The van der Waals surface area contributed by atoms with E-state index in [-0.39, 0.29) is 11.7 Å². The monoisotopic (exact) mass is 221 g/mol. The highest BCUT2D eigenvalue weighted by molar-refractivity contribution is 5.20. The van der Waals surface area contributed by atoms with Crippen LogP contribution >= 0.6 is 0 Å². The quantitative estimate of drug-likeness (QED) is 0.715. The van der Waals surface area contributed by atoms with Crippen LogP contribution in [0.25, 0.3) is 0 Å². The maximum absolute atomic E-state index is 6.25. The zero-order chi connectivity index (χ0) is 11.2. The van der Waals surface area contributed by atoms with Gasteiger partial charge in [-0.05, 0) is 45.8 Å². The van der Waals surface area contributed by atoms with E-state index in [1.54, 1.807) is 0 Å². The second-order valence-electron chi connectivity index (χ2n) is 5.03. The third-order valence-electron chi connectivity index (χ3n) is 3.64. The molecule has 0 amide bonds. The first kappa shape index (κ1) is 10.3. The van der Waals surface area contributed by atoms with Crippen LogP contribution in [0.4, 0.5) is 0 Å². The molecule has 2 aliphatic rings. The predicted octanol–water partition coefficient (Wildman–Crippen LogP) is 1.19. The standard InChI is InChI=1S/C12H19N3O/c1-9-7-11-12(3-5-13-6-4-12)16-10(2)8-15(11)14-9/h7,10,13H,3-6,8H2,1-2H3. The van der Waals surface area contributed by atoms with Gasteiger partial charge in [0, 0.05) is 0 Å². The van der Waals surface area contributed by atoms with Gasteiger partial charge in [-0.2, -0.15) is 5.10 Å². The van der Waals surface area contributed by atoms with Gasteiger partial charge in [0.1, 0.15) is 5.60 Å². The van der Waals surface area contributed by atoms with Gasteiger partial charge in [-0.15, -0.1) is 0 Å². The fraction of sp³-hybridized carbons (Fsp3) is 0.750. The molecule has 0 aromatic carbocycles. The Morgan fingerprint density at radius 1 is 1.50 bits per heavy atom. The predicted molar refractivity (Wildman–Crippen MR) is 61.3 cm³/mol. The lowest BCUT2D eigenvalue weighted by Gasteiger charge is -2.43. The van der Waals surface area contributed by atoms with Crippen LogP contribution in [0.3, 0.4) is 0 Å². The maximum atomic E-state index is 6.25. The number of hydrogen-bond donors (Lipinski definition) is 1. The lowest BCUT2D eigenvalue weighted by atomic mass is 9.87. The van der Waals surface area contributed by atoms with E-state index in [9.17, 15) is 0 Å². The third kappa shape index (κ3) is 1.48. The summed E-state index contributed by atoms with van der Waals surface area (Å²) in [5.41, 5.74) is 2.31. The van der Waals surface area contributed by atoms with Crippen LogP contribution in [0.5, 0.6) is 0 Å². The largest absolute Gasteiger partial charge is 0.364 e. The molecule has 1 aromatic heterocycles. The second-order valence-corrected chi connectivity index (χ2v) is 5.03. The van der Waals surface area contributed by atoms with Gasteiger partial charge in [0.25, 0.3) is 0 Å². The van der Waals surface area contributed by atoms with Crippen molar-refractivity contribution in [2.24, 2.45) is 0 Å². The summed E-state index contributed by atoms with van der Waals surface area (Å²) in [7, 11) is 0. The van der Waals surface area contributed by atoms with Gasteiger partial charge in [-0.3, -0.25) is 4.68 Å². The Bertz CT molecular complexity index is 393. The maximum Gasteiger partial charge on any atom is 0.113 e. The normalized spacial score (nSPS) is 28.0. The van der Waals surface area contributed by atoms with E-state index in [2.05, 4.69) is 35.0 Å². The number of rotatable bonds is 0. The Labute approximate surface area is 96.0 Å². The molecule has 88 valence electrons. The number of ether oxygens (including phenoxy) is 1. The summed E-state index contributed by atoms with van der Waals surface area (Å²) in [5, 5.41) is 7.97. The van der Waals surface area contributed by atoms with Gasteiger partial charge in [0.05, 0.1) is 24.0 Å². The van der Waals surface area contributed by atoms with Gasteiger partial charge in [0.2, 0.25) is 0 Å². The van der Waals surface area contributed by atoms with Crippen molar-refractivity contribution in [2.75, 3.05) is 13.1 Å². The molecule has 0 bridgehead atoms. The van der Waals surface area contributed by atoms with E-state index in [1.165, 1.54) is 5.69 Å². The van der Waals surface area contributed by atoms with E-state index in [0.717, 1.165) is 38.2 Å². The molecule has 1 saturated heterocycles. The average Bonchev–Trinajstić information content (AvgIpc) is 2.60. The molecule has 0 radical (unpaired) electrons. The van der Waals surface area contributed by atoms with Crippen molar-refractivity contribution in [3.05, 3.63) is 17.5 Å². The summed E-state index contributed by atoms with van der Waals surface area (Å²) in [6, 6.07) is 2.19. The minimum atomic E-state index is -0.0792. The van der Waals surface area contributed by atoms with Crippen molar-refractivity contribution in [3.63, 3.8) is 0 Å². The molecular formula is C12H19N3O. The number of nitrogens with zero attached hydrogens (tertiary/aromatic N) is 2. The molecule has 1 fully saturated rings. The molecule has 1 spiro atoms. The van der Waals surface area contributed by atoms with Crippen molar-refractivity contribution >= 4 is 0 Å². The minimum absolute atomic E-state index is 0.0792. The van der Waals surface area contributed by atoms with E-state index >= 15 is 0 Å². The first-order valence-corrected chi connectivity index (χ1v) is 6.13. The van der Waals surface area contributed by atoms with Crippen molar-refractivity contribution < 1.29 is 4.74 Å². The highest BCUT2D eigenvalue weighted by atomic mass is 16.5. The van der Waals surface area contributed by atoms with Crippen molar-refractivity contribution in [1.82, 2.24) is 15.1 Å². The van der Waals surface area contributed by atoms with Gasteiger partial charge in [-0.25, -0.2) is 0 Å². The van der Waals surface area contributed by atoms with Crippen molar-refractivity contribution in [2.45, 2.75) is 44.9 Å². The summed E-state index contributed by atoms with van der Waals surface area (Å²) in [6.07, 6.45) is 2.38. The van der Waals surface area contributed by atoms with Gasteiger partial charge < -0.3 is 10.1 Å². The Hall–Kier alpha value is -0.870. The molecule has 16 heavy (non-hydrogen) atoms. The zero-order valence-electron chi connectivity index (χ0n) is 9.99. The Kier molecular flexibility index (Phi) is 2.30. The van der Waals surface area contributed by atoms with Crippen LogP contribution in [0.1, 0.15) is 31.2 Å². The highest BCUT2D eigenvalue weighted by Gasteiger charge is 2.42. The zero-order valence-corrected chi connectivity index (χ0v) is 9.99. The summed E-state index contributed by atoms with van der Waals surface area (Å²) in [6.45, 7) is 7.17. The third-order valence-corrected chi connectivity index (χ3v) is 3.64. The molecule has 0 saturated carbocycles. The summed E-state index contributed by atoms with van der Waals surface area (Å²) >= 11 is 0. The number of aromatic nitrogens is 2. The number of nitrogens with one attached hydrogen (secondary N) is 1. The van der Waals surface area contributed by atoms with E-state index < -0.39 is 0 Å². The molecule has 4 nitrogen and oxygen atoms in total. The molecule has 1 atom stereocenters. The molecule has 1 aromatic rings. The lowest BCUT2D eigenvalue weighted by molar-refractivity contribution is -0.138. The summed E-state index contributed by atoms with van der Waals surface area (Å²) < 4.78 is 8.40. The lowest BCUT2D eigenvalue weighted by Crippen LogP contribution is -2.48. The second kappa shape index (κ2) is 3.57. The number of aryl methyl sites for hydroxylation is 1. The summed E-state index contributed by atoms with van der Waals surface area (Å²) in [4.78, 5) is 0. The molecule has 0 aliphatic carbocycles. The van der Waals surface area contributed by atoms with Crippen molar-refractivity contribution in [1.29, 1.82) is 0 Å². The highest BCUT2D eigenvalue weighted by Crippen LogP contribution is 2.39. The molecule has 1 unspecified atom stereocenters. The van der Waals surface area contributed by atoms with Gasteiger partial charge in [-0.1, -0.05) is 0 Å². The average molecular weight is 221 g/mol. The minimum Gasteiger partial charge on any atom is -0.364 e. The smallest absolute Gasteiger partial charge is 0.113 e. The Balaban J connectivity index is 2.04. The Morgan fingerprint density at radius 2 is 2.25 bits per heavy atom. The van der Waals surface area contributed by atoms with Crippen LogP contribution in [-0.2, 0) is 16.9 Å². The summed E-state index contributed by atoms with van der Waals surface area (Å²) in [5.74, 6) is 0. The number of piperidine rings is 1. The molecule has 4 heteroatoms. The van der Waals surface area contributed by atoms with Crippen LogP contribution in [-0.4, -0.2) is 29.0 Å². The molecule has 3 rings (SSSR count). The number of fused-ring (bicyclic) bond motifs is 2. The topological polar surface area (TPSA) is 39.1 Å². The van der Waals surface area contributed by atoms with Crippen LogP contribution in [0.2, 0.25) is 0 Å². The van der Waals surface area contributed by atoms with Crippen LogP contribution in [0.15, 0.2) is 6.07 Å². The molecule has 2 aliphatic heterocycles. The van der Waals surface area contributed by atoms with Crippen LogP contribution < -0.4 is 5.32 Å². The van der Waals surface area contributed by atoms with Gasteiger partial charge in [0.15, 0.2) is 0 Å². The van der Waals surface area contributed by atoms with E-state index in [0.29, 0.717) is 0 Å². The molecule has 3 heterocycles. The first-order valence-electron chi connectivity index (χ1n) is 6.13. The molecular weight excluding hydrogens is 202 g/mol. The molecule has 1 N–H and O–H groups in total. The fourth-order valence-electron chi connectivity index (χ4n) is 2.98. The Morgan fingerprint density at radius 3 is 3.00 bits per heavy atom. The van der Waals surface area contributed by atoms with E-state index in [1.807, 2.05) is 0 Å². The van der Waals surface area contributed by atoms with Gasteiger partial charge >= 0.3 is 0 Å². The van der Waals surface area contributed by atoms with Crippen molar-refractivity contribution in [3.8, 4) is 0 Å². The first-order chi connectivity index (χ1) is 7.70. The van der Waals surface area contributed by atoms with E-state index in [4.69, 9.17) is 4.74 Å².